The topological polar surface area (TPSA) is 26.0 Å². The highest BCUT2D eigenvalue weighted by Crippen LogP contribution is 2.35. The Kier molecular flexibility index (Phi) is 6.83. The monoisotopic (exact) mass is 243 g/mol. The van der Waals surface area contributed by atoms with Gasteiger partial charge in [0.15, 0.2) is 0 Å². The van der Waals surface area contributed by atoms with E-state index in [-0.39, 0.29) is 5.54 Å². The maximum atomic E-state index is 6.48. The van der Waals surface area contributed by atoms with Crippen molar-refractivity contribution in [1.82, 2.24) is 0 Å². The van der Waals surface area contributed by atoms with E-state index >= 15 is 0 Å². The molecule has 1 aliphatic rings. The van der Waals surface area contributed by atoms with Crippen molar-refractivity contribution in [3.05, 3.63) is 0 Å². The van der Waals surface area contributed by atoms with Gasteiger partial charge in [0, 0.05) is 5.54 Å². The SMILES string of the molecule is CCCCC1CCC(N)(CCCSC)CC1. The predicted molar refractivity (Wildman–Crippen MR) is 76.0 cm³/mol. The largest absolute Gasteiger partial charge is 0.325 e. The third-order valence-electron chi connectivity index (χ3n) is 4.09. The van der Waals surface area contributed by atoms with E-state index in [1.165, 1.54) is 63.5 Å². The first kappa shape index (κ1) is 14.4. The zero-order valence-corrected chi connectivity index (χ0v) is 12.0. The second-order valence-electron chi connectivity index (χ2n) is 5.54. The predicted octanol–water partition coefficient (Wildman–Crippen LogP) is 4.21. The Balaban J connectivity index is 2.18. The van der Waals surface area contributed by atoms with Crippen molar-refractivity contribution >= 4 is 11.8 Å². The zero-order chi connectivity index (χ0) is 11.9. The minimum Gasteiger partial charge on any atom is -0.325 e. The van der Waals surface area contributed by atoms with Crippen LogP contribution in [0.3, 0.4) is 0 Å². The van der Waals surface area contributed by atoms with E-state index in [0.29, 0.717) is 0 Å². The number of rotatable bonds is 7. The molecule has 2 heteroatoms. The third kappa shape index (κ3) is 5.09. The van der Waals surface area contributed by atoms with Crippen LogP contribution in [-0.4, -0.2) is 17.5 Å². The lowest BCUT2D eigenvalue weighted by Crippen LogP contribution is -2.43. The van der Waals surface area contributed by atoms with Gasteiger partial charge in [-0.05, 0) is 56.5 Å². The molecule has 1 saturated carbocycles. The van der Waals surface area contributed by atoms with E-state index in [4.69, 9.17) is 5.73 Å². The van der Waals surface area contributed by atoms with E-state index in [1.807, 2.05) is 11.8 Å². The maximum absolute atomic E-state index is 6.48. The van der Waals surface area contributed by atoms with Crippen LogP contribution in [0.4, 0.5) is 0 Å². The van der Waals surface area contributed by atoms with Crippen LogP contribution < -0.4 is 5.73 Å². The minimum atomic E-state index is 0.193. The summed E-state index contributed by atoms with van der Waals surface area (Å²) in [4.78, 5) is 0. The summed E-state index contributed by atoms with van der Waals surface area (Å²) in [6, 6.07) is 0. The third-order valence-corrected chi connectivity index (χ3v) is 4.79. The first-order valence-electron chi connectivity index (χ1n) is 6.98. The van der Waals surface area contributed by atoms with Crippen molar-refractivity contribution in [2.24, 2.45) is 11.7 Å². The number of nitrogens with two attached hydrogens (primary N) is 1. The zero-order valence-electron chi connectivity index (χ0n) is 11.1. The van der Waals surface area contributed by atoms with Crippen molar-refractivity contribution in [2.75, 3.05) is 12.0 Å². The van der Waals surface area contributed by atoms with Crippen LogP contribution in [0.5, 0.6) is 0 Å². The summed E-state index contributed by atoms with van der Waals surface area (Å²) in [5.41, 5.74) is 6.67. The van der Waals surface area contributed by atoms with Gasteiger partial charge >= 0.3 is 0 Å². The molecule has 0 spiro atoms. The van der Waals surface area contributed by atoms with E-state index in [1.54, 1.807) is 0 Å². The molecule has 0 bridgehead atoms. The fraction of sp³-hybridized carbons (Fsp3) is 1.00. The molecule has 16 heavy (non-hydrogen) atoms. The molecular weight excluding hydrogens is 214 g/mol. The molecule has 0 aliphatic heterocycles. The quantitative estimate of drug-likeness (QED) is 0.678. The number of thioether (sulfide) groups is 1. The Morgan fingerprint density at radius 2 is 1.94 bits per heavy atom. The standard InChI is InChI=1S/C14H29NS/c1-3-4-6-13-7-10-14(15,11-8-13)9-5-12-16-2/h13H,3-12,15H2,1-2H3. The summed E-state index contributed by atoms with van der Waals surface area (Å²) in [6.07, 6.45) is 14.2. The highest BCUT2D eigenvalue weighted by Gasteiger charge is 2.30. The van der Waals surface area contributed by atoms with E-state index in [0.717, 1.165) is 5.92 Å². The normalized spacial score (nSPS) is 30.6. The molecule has 1 fully saturated rings. The Labute approximate surface area is 106 Å². The number of hydrogen-bond acceptors (Lipinski definition) is 2. The molecule has 96 valence electrons. The summed E-state index contributed by atoms with van der Waals surface area (Å²) in [7, 11) is 0. The Bertz CT molecular complexity index is 174. The van der Waals surface area contributed by atoms with Gasteiger partial charge in [0.25, 0.3) is 0 Å². The molecule has 0 atom stereocenters. The molecular formula is C14H29NS. The Morgan fingerprint density at radius 3 is 2.50 bits per heavy atom. The lowest BCUT2D eigenvalue weighted by molar-refractivity contribution is 0.211. The molecule has 0 heterocycles. The lowest BCUT2D eigenvalue weighted by atomic mass is 9.73. The van der Waals surface area contributed by atoms with Crippen LogP contribution in [0.25, 0.3) is 0 Å². The molecule has 0 aromatic rings. The van der Waals surface area contributed by atoms with Gasteiger partial charge in [-0.2, -0.15) is 11.8 Å². The minimum absolute atomic E-state index is 0.193. The molecule has 0 amide bonds. The first-order valence-corrected chi connectivity index (χ1v) is 8.37. The fourth-order valence-corrected chi connectivity index (χ4v) is 3.29. The molecule has 0 unspecified atom stereocenters. The van der Waals surface area contributed by atoms with Gasteiger partial charge in [-0.1, -0.05) is 26.2 Å². The van der Waals surface area contributed by atoms with Gasteiger partial charge in [-0.3, -0.25) is 0 Å². The van der Waals surface area contributed by atoms with Crippen molar-refractivity contribution in [1.29, 1.82) is 0 Å². The summed E-state index contributed by atoms with van der Waals surface area (Å²) < 4.78 is 0. The van der Waals surface area contributed by atoms with E-state index in [2.05, 4.69) is 13.2 Å². The van der Waals surface area contributed by atoms with Gasteiger partial charge in [0.1, 0.15) is 0 Å². The van der Waals surface area contributed by atoms with Gasteiger partial charge in [0.2, 0.25) is 0 Å². The van der Waals surface area contributed by atoms with Crippen LogP contribution in [0.1, 0.15) is 64.7 Å². The summed E-state index contributed by atoms with van der Waals surface area (Å²) >= 11 is 1.95. The van der Waals surface area contributed by atoms with Gasteiger partial charge in [-0.25, -0.2) is 0 Å². The fourth-order valence-electron chi connectivity index (χ4n) is 2.85. The van der Waals surface area contributed by atoms with Crippen LogP contribution in [0, 0.1) is 5.92 Å². The summed E-state index contributed by atoms with van der Waals surface area (Å²) in [5.74, 6) is 2.26. The highest BCUT2D eigenvalue weighted by atomic mass is 32.2. The number of hydrogen-bond donors (Lipinski definition) is 1. The van der Waals surface area contributed by atoms with E-state index < -0.39 is 0 Å². The molecule has 0 aromatic carbocycles. The van der Waals surface area contributed by atoms with Crippen molar-refractivity contribution in [3.63, 3.8) is 0 Å². The molecule has 0 radical (unpaired) electrons. The van der Waals surface area contributed by atoms with Crippen molar-refractivity contribution in [3.8, 4) is 0 Å². The second kappa shape index (κ2) is 7.60. The van der Waals surface area contributed by atoms with Crippen LogP contribution >= 0.6 is 11.8 Å². The summed E-state index contributed by atoms with van der Waals surface area (Å²) in [6.45, 7) is 2.29. The molecule has 1 rings (SSSR count). The van der Waals surface area contributed by atoms with Gasteiger partial charge < -0.3 is 5.73 Å². The van der Waals surface area contributed by atoms with Crippen molar-refractivity contribution < 1.29 is 0 Å². The molecule has 0 aromatic heterocycles. The molecule has 2 N–H and O–H groups in total. The van der Waals surface area contributed by atoms with Crippen LogP contribution in [-0.2, 0) is 0 Å². The molecule has 0 saturated heterocycles. The Hall–Kier alpha value is 0.310. The van der Waals surface area contributed by atoms with Crippen LogP contribution in [0.15, 0.2) is 0 Å². The van der Waals surface area contributed by atoms with Crippen molar-refractivity contribution in [2.45, 2.75) is 70.3 Å². The van der Waals surface area contributed by atoms with E-state index in [9.17, 15) is 0 Å². The average molecular weight is 243 g/mol. The smallest absolute Gasteiger partial charge is 0.0154 e. The van der Waals surface area contributed by atoms with Gasteiger partial charge in [-0.15, -0.1) is 0 Å². The van der Waals surface area contributed by atoms with Crippen LogP contribution in [0.2, 0.25) is 0 Å². The molecule has 1 nitrogen and oxygen atoms in total. The Morgan fingerprint density at radius 1 is 1.25 bits per heavy atom. The first-order chi connectivity index (χ1) is 7.70. The number of unbranched alkanes of at least 4 members (excludes halogenated alkanes) is 1. The second-order valence-corrected chi connectivity index (χ2v) is 6.53. The maximum Gasteiger partial charge on any atom is 0.0154 e. The highest BCUT2D eigenvalue weighted by molar-refractivity contribution is 7.98. The molecule has 1 aliphatic carbocycles. The van der Waals surface area contributed by atoms with Gasteiger partial charge in [0.05, 0.1) is 0 Å². The average Bonchev–Trinajstić information content (AvgIpc) is 2.29. The summed E-state index contributed by atoms with van der Waals surface area (Å²) in [5, 5.41) is 0. The lowest BCUT2D eigenvalue weighted by Gasteiger charge is -2.37.